The molecule has 0 spiro atoms. The van der Waals surface area contributed by atoms with Gasteiger partial charge in [0.2, 0.25) is 5.91 Å². The largest absolute Gasteiger partial charge is 0.416 e. The molecule has 3 rings (SSSR count). The lowest BCUT2D eigenvalue weighted by Gasteiger charge is -2.06. The number of primary amides is 1. The molecule has 142 valence electrons. The van der Waals surface area contributed by atoms with Crippen LogP contribution < -0.4 is 5.73 Å². The highest BCUT2D eigenvalue weighted by Crippen LogP contribution is 2.33. The van der Waals surface area contributed by atoms with Crippen LogP contribution in [0, 0.1) is 6.92 Å². The van der Waals surface area contributed by atoms with Gasteiger partial charge in [-0.1, -0.05) is 23.9 Å². The Balaban J connectivity index is 1.65. The highest BCUT2D eigenvalue weighted by atomic mass is 32.2. The first-order valence-electron chi connectivity index (χ1n) is 7.72. The normalized spacial score (nSPS) is 11.7. The maximum absolute atomic E-state index is 12.6. The Morgan fingerprint density at radius 3 is 2.56 bits per heavy atom. The third-order valence-corrected chi connectivity index (χ3v) is 6.84. The molecule has 27 heavy (non-hydrogen) atoms. The van der Waals surface area contributed by atoms with Gasteiger partial charge in [-0.05, 0) is 19.1 Å². The van der Waals surface area contributed by atoms with E-state index in [1.165, 1.54) is 46.6 Å². The zero-order valence-corrected chi connectivity index (χ0v) is 16.5. The van der Waals surface area contributed by atoms with Gasteiger partial charge in [-0.25, -0.2) is 9.97 Å². The van der Waals surface area contributed by atoms with Crippen LogP contribution in [-0.2, 0) is 23.1 Å². The van der Waals surface area contributed by atoms with E-state index in [4.69, 9.17) is 5.73 Å². The number of thiazole rings is 2. The number of carbonyl (C=O) groups is 1. The molecule has 0 aliphatic rings. The van der Waals surface area contributed by atoms with Crippen molar-refractivity contribution in [1.82, 2.24) is 9.97 Å². The number of aromatic nitrogens is 2. The number of halogens is 3. The minimum atomic E-state index is -4.34. The average molecular weight is 430 g/mol. The number of nitrogens with zero attached hydrogens (tertiary/aromatic N) is 2. The number of aryl methyl sites for hydroxylation is 1. The molecule has 0 radical (unpaired) electrons. The van der Waals surface area contributed by atoms with Crippen LogP contribution in [0.25, 0.3) is 10.6 Å². The van der Waals surface area contributed by atoms with E-state index in [9.17, 15) is 18.0 Å². The summed E-state index contributed by atoms with van der Waals surface area (Å²) < 4.78 is 38.8. The lowest BCUT2D eigenvalue weighted by Crippen LogP contribution is -2.13. The molecule has 10 heteroatoms. The summed E-state index contributed by atoms with van der Waals surface area (Å²) in [7, 11) is 0. The summed E-state index contributed by atoms with van der Waals surface area (Å²) in [6.07, 6.45) is -4.17. The summed E-state index contributed by atoms with van der Waals surface area (Å²) >= 11 is 4.32. The zero-order chi connectivity index (χ0) is 19.6. The van der Waals surface area contributed by atoms with Crippen molar-refractivity contribution < 1.29 is 18.0 Å². The van der Waals surface area contributed by atoms with Crippen LogP contribution in [0.15, 0.2) is 34.0 Å². The van der Waals surface area contributed by atoms with E-state index in [1.54, 1.807) is 0 Å². The summed E-state index contributed by atoms with van der Waals surface area (Å²) in [5.41, 5.74) is 6.82. The quantitative estimate of drug-likeness (QED) is 0.565. The van der Waals surface area contributed by atoms with Crippen molar-refractivity contribution >= 4 is 40.3 Å². The predicted octanol–water partition coefficient (Wildman–Crippen LogP) is 4.91. The molecule has 2 N–H and O–H groups in total. The second kappa shape index (κ2) is 7.99. The third kappa shape index (κ3) is 5.08. The highest BCUT2D eigenvalue weighted by molar-refractivity contribution is 8.00. The standard InChI is InChI=1S/C17H14F3N3OS3/c1-9-13(6-14(21)24)27-16(22-9)26-8-12-7-25-15(23-12)10-2-4-11(5-3-10)17(18,19)20/h2-5,7H,6,8H2,1H3,(H2,21,24). The lowest BCUT2D eigenvalue weighted by molar-refractivity contribution is -0.137. The molecule has 0 aliphatic carbocycles. The molecular weight excluding hydrogens is 415 g/mol. The number of alkyl halides is 3. The average Bonchev–Trinajstić information content (AvgIpc) is 3.19. The summed E-state index contributed by atoms with van der Waals surface area (Å²) in [6.45, 7) is 1.84. The van der Waals surface area contributed by atoms with Gasteiger partial charge in [0.05, 0.1) is 23.4 Å². The summed E-state index contributed by atoms with van der Waals surface area (Å²) in [5.74, 6) is 0.194. The van der Waals surface area contributed by atoms with Crippen LogP contribution in [0.5, 0.6) is 0 Å². The molecule has 3 aromatic rings. The maximum atomic E-state index is 12.6. The van der Waals surface area contributed by atoms with Crippen LogP contribution >= 0.6 is 34.4 Å². The minimum absolute atomic E-state index is 0.179. The molecule has 4 nitrogen and oxygen atoms in total. The van der Waals surface area contributed by atoms with E-state index in [-0.39, 0.29) is 12.3 Å². The first-order chi connectivity index (χ1) is 12.7. The fourth-order valence-electron chi connectivity index (χ4n) is 2.23. The first kappa shape index (κ1) is 19.8. The predicted molar refractivity (Wildman–Crippen MR) is 102 cm³/mol. The number of rotatable bonds is 6. The van der Waals surface area contributed by atoms with Gasteiger partial charge in [0.25, 0.3) is 0 Å². The molecule has 0 fully saturated rings. The molecule has 0 saturated heterocycles. The number of amides is 1. The number of hydrogen-bond donors (Lipinski definition) is 1. The van der Waals surface area contributed by atoms with E-state index in [1.807, 2.05) is 12.3 Å². The third-order valence-electron chi connectivity index (χ3n) is 3.56. The van der Waals surface area contributed by atoms with Crippen LogP contribution in [-0.4, -0.2) is 15.9 Å². The molecule has 0 unspecified atom stereocenters. The van der Waals surface area contributed by atoms with Crippen molar-refractivity contribution in [2.45, 2.75) is 29.6 Å². The Hall–Kier alpha value is -1.91. The molecule has 0 bridgehead atoms. The molecule has 2 heterocycles. The SMILES string of the molecule is Cc1nc(SCc2csc(-c3ccc(C(F)(F)F)cc3)n2)sc1CC(N)=O. The van der Waals surface area contributed by atoms with Crippen molar-refractivity contribution in [2.24, 2.45) is 5.73 Å². The van der Waals surface area contributed by atoms with Gasteiger partial charge < -0.3 is 5.73 Å². The summed E-state index contributed by atoms with van der Waals surface area (Å²) in [5, 5.41) is 2.55. The summed E-state index contributed by atoms with van der Waals surface area (Å²) in [4.78, 5) is 20.8. The van der Waals surface area contributed by atoms with Gasteiger partial charge in [-0.15, -0.1) is 22.7 Å². The number of carbonyl (C=O) groups excluding carboxylic acids is 1. The smallest absolute Gasteiger partial charge is 0.369 e. The molecule has 0 atom stereocenters. The Morgan fingerprint density at radius 1 is 1.22 bits per heavy atom. The van der Waals surface area contributed by atoms with Gasteiger partial charge >= 0.3 is 6.18 Å². The minimum Gasteiger partial charge on any atom is -0.369 e. The van der Waals surface area contributed by atoms with Gasteiger partial charge in [0.1, 0.15) is 5.01 Å². The molecule has 0 aliphatic heterocycles. The second-order valence-corrected chi connectivity index (χ2v) is 8.80. The monoisotopic (exact) mass is 429 g/mol. The van der Waals surface area contributed by atoms with E-state index in [0.717, 1.165) is 32.7 Å². The Bertz CT molecular complexity index is 948. The van der Waals surface area contributed by atoms with E-state index < -0.39 is 11.7 Å². The Kier molecular flexibility index (Phi) is 5.87. The molecule has 0 saturated carbocycles. The molecule has 2 aromatic heterocycles. The van der Waals surface area contributed by atoms with E-state index in [2.05, 4.69) is 9.97 Å². The van der Waals surface area contributed by atoms with Crippen LogP contribution in [0.3, 0.4) is 0 Å². The van der Waals surface area contributed by atoms with E-state index in [0.29, 0.717) is 16.3 Å². The lowest BCUT2D eigenvalue weighted by atomic mass is 10.1. The van der Waals surface area contributed by atoms with Crippen molar-refractivity contribution in [3.8, 4) is 10.6 Å². The van der Waals surface area contributed by atoms with Crippen LogP contribution in [0.1, 0.15) is 21.8 Å². The van der Waals surface area contributed by atoms with Gasteiger partial charge in [-0.2, -0.15) is 13.2 Å². The number of benzene rings is 1. The van der Waals surface area contributed by atoms with Gasteiger partial charge in [0.15, 0.2) is 4.34 Å². The van der Waals surface area contributed by atoms with Crippen molar-refractivity contribution in [1.29, 1.82) is 0 Å². The van der Waals surface area contributed by atoms with Gasteiger partial charge in [-0.3, -0.25) is 4.79 Å². The Labute approximate surface area is 165 Å². The molecular formula is C17H14F3N3OS3. The highest BCUT2D eigenvalue weighted by Gasteiger charge is 2.30. The summed E-state index contributed by atoms with van der Waals surface area (Å²) in [6, 6.07) is 4.98. The first-order valence-corrected chi connectivity index (χ1v) is 10.4. The number of hydrogen-bond acceptors (Lipinski definition) is 6. The van der Waals surface area contributed by atoms with Crippen LogP contribution in [0.2, 0.25) is 0 Å². The molecule has 1 amide bonds. The number of thioether (sulfide) groups is 1. The fraction of sp³-hybridized carbons (Fsp3) is 0.235. The second-order valence-electron chi connectivity index (χ2n) is 5.64. The fourth-order valence-corrected chi connectivity index (χ4v) is 5.30. The van der Waals surface area contributed by atoms with Crippen molar-refractivity contribution in [2.75, 3.05) is 0 Å². The Morgan fingerprint density at radius 2 is 1.93 bits per heavy atom. The van der Waals surface area contributed by atoms with Crippen LogP contribution in [0.4, 0.5) is 13.2 Å². The maximum Gasteiger partial charge on any atom is 0.416 e. The topological polar surface area (TPSA) is 68.9 Å². The van der Waals surface area contributed by atoms with Gasteiger partial charge in [0, 0.05) is 21.6 Å². The van der Waals surface area contributed by atoms with Crippen molar-refractivity contribution in [3.05, 3.63) is 51.5 Å². The van der Waals surface area contributed by atoms with E-state index >= 15 is 0 Å². The van der Waals surface area contributed by atoms with Crippen molar-refractivity contribution in [3.63, 3.8) is 0 Å². The number of nitrogens with two attached hydrogens (primary N) is 1. The zero-order valence-electron chi connectivity index (χ0n) is 14.0. The molecule has 1 aromatic carbocycles.